The van der Waals surface area contributed by atoms with Crippen LogP contribution in [-0.2, 0) is 11.2 Å². The first-order valence-electron chi connectivity index (χ1n) is 8.21. The molecule has 0 aromatic heterocycles. The third-order valence-electron chi connectivity index (χ3n) is 4.91. The van der Waals surface area contributed by atoms with Crippen molar-refractivity contribution in [1.29, 1.82) is 0 Å². The van der Waals surface area contributed by atoms with Crippen molar-refractivity contribution in [2.45, 2.75) is 58.4 Å². The molecule has 114 valence electrons. The van der Waals surface area contributed by atoms with Crippen LogP contribution < -0.4 is 9.64 Å². The number of hydrogen-bond donors (Lipinski definition) is 0. The van der Waals surface area contributed by atoms with Crippen LogP contribution in [-0.4, -0.2) is 18.6 Å². The molecule has 1 aliphatic carbocycles. The van der Waals surface area contributed by atoms with Crippen LogP contribution in [0.2, 0.25) is 0 Å². The lowest BCUT2D eigenvalue weighted by Crippen LogP contribution is -2.40. The highest BCUT2D eigenvalue weighted by Gasteiger charge is 2.28. The molecule has 3 nitrogen and oxygen atoms in total. The van der Waals surface area contributed by atoms with Crippen LogP contribution in [0.3, 0.4) is 0 Å². The van der Waals surface area contributed by atoms with E-state index in [4.69, 9.17) is 4.74 Å². The fraction of sp³-hybridized carbons (Fsp3) is 0.611. The molecule has 1 aliphatic heterocycles. The Morgan fingerprint density at radius 1 is 1.29 bits per heavy atom. The van der Waals surface area contributed by atoms with Crippen molar-refractivity contribution in [3.05, 3.63) is 23.8 Å². The molecule has 0 radical (unpaired) electrons. The molecule has 0 N–H and O–H groups in total. The molecule has 21 heavy (non-hydrogen) atoms. The predicted octanol–water partition coefficient (Wildman–Crippen LogP) is 3.94. The van der Waals surface area contributed by atoms with E-state index in [1.807, 2.05) is 11.0 Å². The Bertz CT molecular complexity index is 520. The lowest BCUT2D eigenvalue weighted by atomic mass is 9.95. The highest BCUT2D eigenvalue weighted by Crippen LogP contribution is 2.37. The molecule has 1 saturated carbocycles. The molecule has 3 heteroatoms. The first kappa shape index (κ1) is 14.4. The topological polar surface area (TPSA) is 29.5 Å². The molecule has 1 atom stereocenters. The van der Waals surface area contributed by atoms with Gasteiger partial charge in [0.05, 0.1) is 12.3 Å². The van der Waals surface area contributed by atoms with E-state index < -0.39 is 0 Å². The first-order valence-corrected chi connectivity index (χ1v) is 8.21. The van der Waals surface area contributed by atoms with Gasteiger partial charge in [0, 0.05) is 18.5 Å². The molecular formula is C18H25NO2. The van der Waals surface area contributed by atoms with Gasteiger partial charge < -0.3 is 9.64 Å². The standard InChI is InChI=1S/C18H25NO2/c1-13-10-11-16-17(19(13)14(2)20)8-5-9-18(16)21-12-15-6-3-4-7-15/h5,8-9,13,15H,3-4,6-7,10-12H2,1-2H3/t13-/m0/s1. The van der Waals surface area contributed by atoms with E-state index in [2.05, 4.69) is 19.1 Å². The van der Waals surface area contributed by atoms with Gasteiger partial charge in [0.2, 0.25) is 5.91 Å². The van der Waals surface area contributed by atoms with Crippen LogP contribution in [0.1, 0.15) is 51.5 Å². The quantitative estimate of drug-likeness (QED) is 0.842. The minimum Gasteiger partial charge on any atom is -0.493 e. The third kappa shape index (κ3) is 2.92. The molecule has 0 spiro atoms. The van der Waals surface area contributed by atoms with Gasteiger partial charge in [-0.2, -0.15) is 0 Å². The van der Waals surface area contributed by atoms with Crippen molar-refractivity contribution >= 4 is 11.6 Å². The zero-order valence-corrected chi connectivity index (χ0v) is 13.1. The number of rotatable bonds is 3. The molecular weight excluding hydrogens is 262 g/mol. The van der Waals surface area contributed by atoms with E-state index in [0.29, 0.717) is 5.92 Å². The smallest absolute Gasteiger partial charge is 0.224 e. The zero-order chi connectivity index (χ0) is 14.8. The second kappa shape index (κ2) is 6.08. The highest BCUT2D eigenvalue weighted by atomic mass is 16.5. The number of hydrogen-bond acceptors (Lipinski definition) is 2. The van der Waals surface area contributed by atoms with Crippen LogP contribution in [0.25, 0.3) is 0 Å². The normalized spacial score (nSPS) is 22.2. The molecule has 1 aromatic carbocycles. The van der Waals surface area contributed by atoms with Gasteiger partial charge in [-0.3, -0.25) is 4.79 Å². The number of carbonyl (C=O) groups is 1. The number of anilines is 1. The summed E-state index contributed by atoms with van der Waals surface area (Å²) in [5.74, 6) is 1.82. The van der Waals surface area contributed by atoms with E-state index in [9.17, 15) is 4.79 Å². The van der Waals surface area contributed by atoms with Crippen LogP contribution >= 0.6 is 0 Å². The number of nitrogens with zero attached hydrogens (tertiary/aromatic N) is 1. The van der Waals surface area contributed by atoms with Gasteiger partial charge in [-0.05, 0) is 50.7 Å². The number of carbonyl (C=O) groups excluding carboxylic acids is 1. The molecule has 1 fully saturated rings. The van der Waals surface area contributed by atoms with Gasteiger partial charge in [0.25, 0.3) is 0 Å². The summed E-state index contributed by atoms with van der Waals surface area (Å²) in [5.41, 5.74) is 2.26. The van der Waals surface area contributed by atoms with Gasteiger partial charge in [-0.1, -0.05) is 18.9 Å². The average molecular weight is 287 g/mol. The molecule has 1 amide bonds. The van der Waals surface area contributed by atoms with Gasteiger partial charge in [0.1, 0.15) is 5.75 Å². The summed E-state index contributed by atoms with van der Waals surface area (Å²) >= 11 is 0. The summed E-state index contributed by atoms with van der Waals surface area (Å²) in [4.78, 5) is 13.9. The van der Waals surface area contributed by atoms with Gasteiger partial charge in [-0.25, -0.2) is 0 Å². The molecule has 2 aliphatic rings. The van der Waals surface area contributed by atoms with E-state index in [-0.39, 0.29) is 11.9 Å². The zero-order valence-electron chi connectivity index (χ0n) is 13.1. The summed E-state index contributed by atoms with van der Waals surface area (Å²) in [6.07, 6.45) is 7.29. The Morgan fingerprint density at radius 3 is 2.76 bits per heavy atom. The largest absolute Gasteiger partial charge is 0.493 e. The fourth-order valence-corrected chi connectivity index (χ4v) is 3.75. The van der Waals surface area contributed by atoms with Gasteiger partial charge in [-0.15, -0.1) is 0 Å². The van der Waals surface area contributed by atoms with E-state index in [0.717, 1.165) is 30.9 Å². The monoisotopic (exact) mass is 287 g/mol. The Hall–Kier alpha value is -1.51. The van der Waals surface area contributed by atoms with E-state index in [1.54, 1.807) is 6.92 Å². The Morgan fingerprint density at radius 2 is 2.05 bits per heavy atom. The molecule has 0 unspecified atom stereocenters. The van der Waals surface area contributed by atoms with Crippen LogP contribution in [0, 0.1) is 5.92 Å². The van der Waals surface area contributed by atoms with E-state index >= 15 is 0 Å². The maximum Gasteiger partial charge on any atom is 0.224 e. The van der Waals surface area contributed by atoms with Gasteiger partial charge in [0.15, 0.2) is 0 Å². The first-order chi connectivity index (χ1) is 10.2. The van der Waals surface area contributed by atoms with Crippen LogP contribution in [0.5, 0.6) is 5.75 Å². The summed E-state index contributed by atoms with van der Waals surface area (Å²) in [7, 11) is 0. The second-order valence-corrected chi connectivity index (χ2v) is 6.49. The molecule has 0 bridgehead atoms. The minimum atomic E-state index is 0.122. The van der Waals surface area contributed by atoms with Crippen LogP contribution in [0.15, 0.2) is 18.2 Å². The van der Waals surface area contributed by atoms with E-state index in [1.165, 1.54) is 31.2 Å². The highest BCUT2D eigenvalue weighted by molar-refractivity contribution is 5.93. The molecule has 1 heterocycles. The van der Waals surface area contributed by atoms with Crippen molar-refractivity contribution in [3.63, 3.8) is 0 Å². The van der Waals surface area contributed by atoms with Crippen LogP contribution in [0.4, 0.5) is 5.69 Å². The number of amides is 1. The minimum absolute atomic E-state index is 0.122. The summed E-state index contributed by atoms with van der Waals surface area (Å²) in [5, 5.41) is 0. The molecule has 0 saturated heterocycles. The van der Waals surface area contributed by atoms with Crippen molar-refractivity contribution in [2.24, 2.45) is 5.92 Å². The Kier molecular flexibility index (Phi) is 4.18. The van der Waals surface area contributed by atoms with Crippen molar-refractivity contribution in [3.8, 4) is 5.75 Å². The number of benzene rings is 1. The second-order valence-electron chi connectivity index (χ2n) is 6.49. The lowest BCUT2D eigenvalue weighted by molar-refractivity contribution is -0.117. The summed E-state index contributed by atoms with van der Waals surface area (Å²) in [6, 6.07) is 6.40. The Balaban J connectivity index is 1.81. The molecule has 3 rings (SSSR count). The summed E-state index contributed by atoms with van der Waals surface area (Å²) < 4.78 is 6.11. The Labute approximate surface area is 127 Å². The SMILES string of the molecule is CC(=O)N1c2cccc(OCC3CCCC3)c2CC[C@@H]1C. The van der Waals surface area contributed by atoms with Crippen molar-refractivity contribution in [1.82, 2.24) is 0 Å². The van der Waals surface area contributed by atoms with Crippen molar-refractivity contribution in [2.75, 3.05) is 11.5 Å². The molecule has 1 aromatic rings. The summed E-state index contributed by atoms with van der Waals surface area (Å²) in [6.45, 7) is 4.60. The maximum atomic E-state index is 11.9. The predicted molar refractivity (Wildman–Crippen MR) is 84.8 cm³/mol. The average Bonchev–Trinajstić information content (AvgIpc) is 2.97. The fourth-order valence-electron chi connectivity index (χ4n) is 3.75. The van der Waals surface area contributed by atoms with Crippen molar-refractivity contribution < 1.29 is 9.53 Å². The van der Waals surface area contributed by atoms with Gasteiger partial charge >= 0.3 is 0 Å². The number of ether oxygens (including phenoxy) is 1. The number of fused-ring (bicyclic) bond motifs is 1. The lowest BCUT2D eigenvalue weighted by Gasteiger charge is -2.35. The maximum absolute atomic E-state index is 11.9. The third-order valence-corrected chi connectivity index (χ3v) is 4.91.